The molecule has 1 aliphatic heterocycles. The van der Waals surface area contributed by atoms with E-state index in [1.54, 1.807) is 17.8 Å². The Morgan fingerprint density at radius 1 is 1.24 bits per heavy atom. The van der Waals surface area contributed by atoms with Crippen LogP contribution in [0.1, 0.15) is 27.9 Å². The number of carbonyl (C=O) groups is 2. The van der Waals surface area contributed by atoms with E-state index in [4.69, 9.17) is 0 Å². The third-order valence-corrected chi connectivity index (χ3v) is 7.64. The van der Waals surface area contributed by atoms with Gasteiger partial charge in [0.2, 0.25) is 11.0 Å². The van der Waals surface area contributed by atoms with Crippen LogP contribution < -0.4 is 10.6 Å². The average molecular weight is 467 g/mol. The summed E-state index contributed by atoms with van der Waals surface area (Å²) < 4.78 is 0.854. The van der Waals surface area contributed by atoms with Gasteiger partial charge in [0.25, 0.3) is 5.91 Å². The van der Waals surface area contributed by atoms with Gasteiger partial charge in [-0.2, -0.15) is 11.3 Å². The van der Waals surface area contributed by atoms with Crippen LogP contribution in [-0.4, -0.2) is 50.7 Å². The van der Waals surface area contributed by atoms with Crippen LogP contribution >= 0.6 is 45.8 Å². The summed E-state index contributed by atoms with van der Waals surface area (Å²) in [4.78, 5) is 32.3. The lowest BCUT2D eigenvalue weighted by Gasteiger charge is -2.24. The molecule has 0 fully saturated rings. The molecule has 0 spiro atoms. The maximum atomic E-state index is 12.4. The first-order valence-corrected chi connectivity index (χ1v) is 12.5. The standard InChI is InChI=1S/C17H18N6O2S4/c1-2-27-17-22-21-16(29-17)19-13(24)8-23-5-3-11-12(7-23)28-15(18-11)20-14(25)10-4-6-26-9-10/h4,6,9H,2-3,5,7-8H2,1H3,(H,18,20,25)(H,19,21,24). The Morgan fingerprint density at radius 3 is 2.93 bits per heavy atom. The number of thioether (sulfide) groups is 1. The van der Waals surface area contributed by atoms with Crippen molar-refractivity contribution in [3.05, 3.63) is 33.0 Å². The zero-order valence-electron chi connectivity index (χ0n) is 15.5. The van der Waals surface area contributed by atoms with E-state index in [-0.39, 0.29) is 18.4 Å². The van der Waals surface area contributed by atoms with Crippen LogP contribution in [0.2, 0.25) is 0 Å². The van der Waals surface area contributed by atoms with Gasteiger partial charge in [0, 0.05) is 29.8 Å². The fraction of sp³-hybridized carbons (Fsp3) is 0.353. The molecular formula is C17H18N6O2S4. The van der Waals surface area contributed by atoms with Gasteiger partial charge in [-0.05, 0) is 17.2 Å². The van der Waals surface area contributed by atoms with Crippen molar-refractivity contribution in [2.24, 2.45) is 0 Å². The van der Waals surface area contributed by atoms with Gasteiger partial charge in [-0.1, -0.05) is 30.0 Å². The van der Waals surface area contributed by atoms with Crippen molar-refractivity contribution in [1.29, 1.82) is 0 Å². The van der Waals surface area contributed by atoms with Crippen LogP contribution in [0.4, 0.5) is 10.3 Å². The Hall–Kier alpha value is -1.86. The molecule has 0 unspecified atom stereocenters. The van der Waals surface area contributed by atoms with Crippen LogP contribution in [0.5, 0.6) is 0 Å². The van der Waals surface area contributed by atoms with Gasteiger partial charge in [-0.15, -0.1) is 21.5 Å². The zero-order chi connectivity index (χ0) is 20.2. The van der Waals surface area contributed by atoms with Crippen molar-refractivity contribution < 1.29 is 9.59 Å². The number of hydrogen-bond acceptors (Lipinski definition) is 10. The van der Waals surface area contributed by atoms with Gasteiger partial charge in [-0.25, -0.2) is 4.98 Å². The molecular weight excluding hydrogens is 448 g/mol. The minimum Gasteiger partial charge on any atom is -0.299 e. The molecule has 8 nitrogen and oxygen atoms in total. The van der Waals surface area contributed by atoms with Gasteiger partial charge in [-0.3, -0.25) is 25.1 Å². The fourth-order valence-electron chi connectivity index (χ4n) is 2.80. The predicted octanol–water partition coefficient (Wildman–Crippen LogP) is 3.42. The lowest BCUT2D eigenvalue weighted by atomic mass is 10.2. The normalized spacial score (nSPS) is 13.8. The first-order valence-electron chi connectivity index (χ1n) is 8.91. The molecule has 0 atom stereocenters. The molecule has 2 N–H and O–H groups in total. The van der Waals surface area contributed by atoms with E-state index in [9.17, 15) is 9.59 Å². The number of rotatable bonds is 7. The largest absolute Gasteiger partial charge is 0.299 e. The van der Waals surface area contributed by atoms with Crippen molar-refractivity contribution in [3.8, 4) is 0 Å². The molecule has 0 saturated heterocycles. The summed E-state index contributed by atoms with van der Waals surface area (Å²) >= 11 is 5.95. The lowest BCUT2D eigenvalue weighted by molar-refractivity contribution is -0.117. The fourth-order valence-corrected chi connectivity index (χ4v) is 6.15. The van der Waals surface area contributed by atoms with Gasteiger partial charge in [0.05, 0.1) is 17.8 Å². The van der Waals surface area contributed by atoms with Gasteiger partial charge in [0.15, 0.2) is 9.47 Å². The highest BCUT2D eigenvalue weighted by Gasteiger charge is 2.23. The number of carbonyl (C=O) groups excluding carboxylic acids is 2. The Labute approximate surface area is 183 Å². The minimum absolute atomic E-state index is 0.104. The molecule has 3 aromatic rings. The highest BCUT2D eigenvalue weighted by Crippen LogP contribution is 2.29. The predicted molar refractivity (Wildman–Crippen MR) is 118 cm³/mol. The molecule has 0 aliphatic carbocycles. The van der Waals surface area contributed by atoms with E-state index in [1.807, 2.05) is 17.7 Å². The van der Waals surface area contributed by atoms with E-state index >= 15 is 0 Å². The molecule has 152 valence electrons. The summed E-state index contributed by atoms with van der Waals surface area (Å²) in [5, 5.41) is 18.5. The number of amides is 2. The molecule has 4 heterocycles. The van der Waals surface area contributed by atoms with Crippen LogP contribution in [0, 0.1) is 0 Å². The number of nitrogens with zero attached hydrogens (tertiary/aromatic N) is 4. The molecule has 0 saturated carbocycles. The van der Waals surface area contributed by atoms with Crippen LogP contribution in [0.25, 0.3) is 0 Å². The second-order valence-electron chi connectivity index (χ2n) is 6.17. The smallest absolute Gasteiger partial charge is 0.258 e. The van der Waals surface area contributed by atoms with Gasteiger partial charge >= 0.3 is 0 Å². The zero-order valence-corrected chi connectivity index (χ0v) is 18.8. The number of fused-ring (bicyclic) bond motifs is 1. The molecule has 1 aliphatic rings. The number of thiazole rings is 1. The number of nitrogens with one attached hydrogen (secondary N) is 2. The second kappa shape index (κ2) is 9.30. The maximum absolute atomic E-state index is 12.4. The van der Waals surface area contributed by atoms with Crippen LogP contribution in [0.3, 0.4) is 0 Å². The molecule has 0 radical (unpaired) electrons. The third-order valence-electron chi connectivity index (χ3n) is 4.10. The third kappa shape index (κ3) is 5.20. The lowest BCUT2D eigenvalue weighted by Crippen LogP contribution is -2.36. The van der Waals surface area contributed by atoms with E-state index in [1.165, 1.54) is 34.0 Å². The van der Waals surface area contributed by atoms with Crippen molar-refractivity contribution in [2.75, 3.05) is 29.5 Å². The first-order chi connectivity index (χ1) is 14.1. The van der Waals surface area contributed by atoms with Crippen molar-refractivity contribution in [3.63, 3.8) is 0 Å². The summed E-state index contributed by atoms with van der Waals surface area (Å²) in [5.41, 5.74) is 1.64. The van der Waals surface area contributed by atoms with Crippen molar-refractivity contribution in [1.82, 2.24) is 20.1 Å². The summed E-state index contributed by atoms with van der Waals surface area (Å²) in [6.45, 7) is 3.72. The summed E-state index contributed by atoms with van der Waals surface area (Å²) in [5.74, 6) is 0.669. The number of anilines is 2. The summed E-state index contributed by atoms with van der Waals surface area (Å²) in [6.07, 6.45) is 0.754. The van der Waals surface area contributed by atoms with E-state index in [0.29, 0.717) is 22.4 Å². The Kier molecular flexibility index (Phi) is 6.55. The highest BCUT2D eigenvalue weighted by atomic mass is 32.2. The minimum atomic E-state index is -0.147. The topological polar surface area (TPSA) is 100 Å². The van der Waals surface area contributed by atoms with Gasteiger partial charge in [0.1, 0.15) is 0 Å². The number of thiophene rings is 1. The Balaban J connectivity index is 1.31. The maximum Gasteiger partial charge on any atom is 0.258 e. The average Bonchev–Trinajstić information content (AvgIpc) is 3.42. The van der Waals surface area contributed by atoms with Crippen molar-refractivity contribution >= 4 is 67.8 Å². The quantitative estimate of drug-likeness (QED) is 0.406. The first kappa shape index (κ1) is 20.4. The molecule has 4 rings (SSSR count). The van der Waals surface area contributed by atoms with E-state index in [2.05, 4.69) is 30.7 Å². The van der Waals surface area contributed by atoms with E-state index < -0.39 is 0 Å². The van der Waals surface area contributed by atoms with Crippen LogP contribution in [-0.2, 0) is 17.8 Å². The molecule has 29 heavy (non-hydrogen) atoms. The number of aromatic nitrogens is 3. The Bertz CT molecular complexity index is 1000. The molecule has 0 bridgehead atoms. The molecule has 12 heteroatoms. The summed E-state index contributed by atoms with van der Waals surface area (Å²) in [7, 11) is 0. The molecule has 2 amide bonds. The summed E-state index contributed by atoms with van der Waals surface area (Å²) in [6, 6.07) is 1.79. The molecule has 3 aromatic heterocycles. The monoisotopic (exact) mass is 466 g/mol. The van der Waals surface area contributed by atoms with Crippen molar-refractivity contribution in [2.45, 2.75) is 24.2 Å². The highest BCUT2D eigenvalue weighted by molar-refractivity contribution is 8.01. The van der Waals surface area contributed by atoms with E-state index in [0.717, 1.165) is 33.6 Å². The Morgan fingerprint density at radius 2 is 2.14 bits per heavy atom. The SMILES string of the molecule is CCSc1nnc(NC(=O)CN2CCc3nc(NC(=O)c4ccsc4)sc3C2)s1. The van der Waals surface area contributed by atoms with Crippen LogP contribution in [0.15, 0.2) is 21.2 Å². The second-order valence-corrected chi connectivity index (χ2v) is 10.5. The van der Waals surface area contributed by atoms with Gasteiger partial charge < -0.3 is 0 Å². The number of hydrogen-bond donors (Lipinski definition) is 2. The molecule has 0 aromatic carbocycles.